The van der Waals surface area contributed by atoms with Crippen molar-refractivity contribution in [3.8, 4) is 0 Å². The van der Waals surface area contributed by atoms with Crippen LogP contribution in [0.15, 0.2) is 47.4 Å². The molecule has 2 rings (SSSR count). The molecule has 106 valence electrons. The second-order valence-corrected chi connectivity index (χ2v) is 6.45. The van der Waals surface area contributed by atoms with Gasteiger partial charge in [-0.1, -0.05) is 23.7 Å². The van der Waals surface area contributed by atoms with Gasteiger partial charge in [-0.2, -0.15) is 0 Å². The summed E-state index contributed by atoms with van der Waals surface area (Å²) in [5.41, 5.74) is 6.35. The van der Waals surface area contributed by atoms with Crippen LogP contribution in [0.2, 0.25) is 5.02 Å². The Labute approximate surface area is 121 Å². The average Bonchev–Trinajstić information content (AvgIpc) is 2.41. The molecular weight excluding hydrogens is 303 g/mol. The highest BCUT2D eigenvalue weighted by molar-refractivity contribution is 7.93. The lowest BCUT2D eigenvalue weighted by Crippen LogP contribution is -2.27. The molecule has 0 fully saturated rings. The van der Waals surface area contributed by atoms with Gasteiger partial charge in [0.05, 0.1) is 16.4 Å². The predicted octanol–water partition coefficient (Wildman–Crippen LogP) is 2.89. The molecule has 2 N–H and O–H groups in total. The number of rotatable bonds is 3. The third-order valence-electron chi connectivity index (χ3n) is 2.81. The van der Waals surface area contributed by atoms with Gasteiger partial charge in [0.15, 0.2) is 0 Å². The van der Waals surface area contributed by atoms with Crippen LogP contribution in [-0.4, -0.2) is 15.5 Å². The van der Waals surface area contributed by atoms with E-state index in [-0.39, 0.29) is 9.92 Å². The number of nitrogens with two attached hydrogens (primary N) is 1. The molecule has 4 nitrogen and oxygen atoms in total. The second kappa shape index (κ2) is 5.30. The molecule has 0 bridgehead atoms. The molecule has 0 aliphatic rings. The van der Waals surface area contributed by atoms with Gasteiger partial charge >= 0.3 is 0 Å². The first-order chi connectivity index (χ1) is 9.34. The van der Waals surface area contributed by atoms with E-state index in [1.165, 1.54) is 13.1 Å². The van der Waals surface area contributed by atoms with Crippen LogP contribution in [-0.2, 0) is 10.0 Å². The van der Waals surface area contributed by atoms with Crippen LogP contribution in [0.1, 0.15) is 0 Å². The first-order valence-corrected chi connectivity index (χ1v) is 7.44. The van der Waals surface area contributed by atoms with Crippen LogP contribution in [0.25, 0.3) is 0 Å². The average molecular weight is 315 g/mol. The Balaban J connectivity index is 2.56. The minimum absolute atomic E-state index is 0.0484. The van der Waals surface area contributed by atoms with Gasteiger partial charge in [-0.05, 0) is 30.3 Å². The third-order valence-corrected chi connectivity index (χ3v) is 5.06. The number of benzene rings is 2. The molecule has 2 aromatic carbocycles. The highest BCUT2D eigenvalue weighted by atomic mass is 35.5. The SMILES string of the molecule is CN(c1ccccc1N)S(=O)(=O)c1cc(F)ccc1Cl. The topological polar surface area (TPSA) is 63.4 Å². The van der Waals surface area contributed by atoms with Gasteiger partial charge in [0.2, 0.25) is 0 Å². The molecule has 7 heteroatoms. The van der Waals surface area contributed by atoms with Crippen LogP contribution < -0.4 is 10.0 Å². The summed E-state index contributed by atoms with van der Waals surface area (Å²) < 4.78 is 39.2. The third kappa shape index (κ3) is 2.57. The van der Waals surface area contributed by atoms with Crippen LogP contribution in [0.4, 0.5) is 15.8 Å². The van der Waals surface area contributed by atoms with E-state index in [9.17, 15) is 12.8 Å². The Morgan fingerprint density at radius 2 is 1.85 bits per heavy atom. The van der Waals surface area contributed by atoms with Crippen molar-refractivity contribution in [2.45, 2.75) is 4.90 Å². The fourth-order valence-corrected chi connectivity index (χ4v) is 3.43. The van der Waals surface area contributed by atoms with Crippen molar-refractivity contribution in [2.75, 3.05) is 17.1 Å². The maximum atomic E-state index is 13.3. The summed E-state index contributed by atoms with van der Waals surface area (Å²) in [6, 6.07) is 9.66. The number of sulfonamides is 1. The van der Waals surface area contributed by atoms with Gasteiger partial charge < -0.3 is 5.73 Å². The standard InChI is InChI=1S/C13H12ClFN2O2S/c1-17(12-5-3-2-4-11(12)16)20(18,19)13-8-9(15)6-7-10(13)14/h2-8H,16H2,1H3. The van der Waals surface area contributed by atoms with Crippen molar-refractivity contribution < 1.29 is 12.8 Å². The van der Waals surface area contributed by atoms with Crippen molar-refractivity contribution in [1.82, 2.24) is 0 Å². The molecule has 0 amide bonds. The van der Waals surface area contributed by atoms with E-state index in [1.54, 1.807) is 24.3 Å². The molecular formula is C13H12ClFN2O2S. The van der Waals surface area contributed by atoms with Crippen molar-refractivity contribution in [3.63, 3.8) is 0 Å². The molecule has 0 radical (unpaired) electrons. The first-order valence-electron chi connectivity index (χ1n) is 5.62. The lowest BCUT2D eigenvalue weighted by molar-refractivity contribution is 0.589. The number of hydrogen-bond donors (Lipinski definition) is 1. The Morgan fingerprint density at radius 3 is 2.50 bits per heavy atom. The zero-order valence-corrected chi connectivity index (χ0v) is 12.1. The fourth-order valence-electron chi connectivity index (χ4n) is 1.73. The van der Waals surface area contributed by atoms with E-state index in [0.717, 1.165) is 16.4 Å². The lowest BCUT2D eigenvalue weighted by atomic mass is 10.3. The molecule has 0 atom stereocenters. The van der Waals surface area contributed by atoms with Crippen LogP contribution in [0, 0.1) is 5.82 Å². The summed E-state index contributed by atoms with van der Waals surface area (Å²) in [6.45, 7) is 0. The Morgan fingerprint density at radius 1 is 1.20 bits per heavy atom. The minimum Gasteiger partial charge on any atom is -0.397 e. The maximum Gasteiger partial charge on any atom is 0.265 e. The summed E-state index contributed by atoms with van der Waals surface area (Å²) in [4.78, 5) is -0.301. The summed E-state index contributed by atoms with van der Waals surface area (Å²) in [5, 5.41) is -0.0484. The van der Waals surface area contributed by atoms with E-state index in [0.29, 0.717) is 11.4 Å². The summed E-state index contributed by atoms with van der Waals surface area (Å²) in [6.07, 6.45) is 0. The number of hydrogen-bond acceptors (Lipinski definition) is 3. The molecule has 0 saturated heterocycles. The van der Waals surface area contributed by atoms with Gasteiger partial charge in [-0.15, -0.1) is 0 Å². The first kappa shape index (κ1) is 14.6. The van der Waals surface area contributed by atoms with Gasteiger partial charge in [-0.3, -0.25) is 4.31 Å². The predicted molar refractivity (Wildman–Crippen MR) is 77.9 cm³/mol. The molecule has 0 aliphatic carbocycles. The van der Waals surface area contributed by atoms with Crippen LogP contribution in [0.3, 0.4) is 0 Å². The van der Waals surface area contributed by atoms with Crippen molar-refractivity contribution >= 4 is 33.0 Å². The zero-order chi connectivity index (χ0) is 14.9. The molecule has 2 aromatic rings. The quantitative estimate of drug-likeness (QED) is 0.886. The summed E-state index contributed by atoms with van der Waals surface area (Å²) in [5.74, 6) is -0.678. The summed E-state index contributed by atoms with van der Waals surface area (Å²) >= 11 is 5.85. The Bertz CT molecular complexity index is 750. The second-order valence-electron chi connectivity index (χ2n) is 4.11. The van der Waals surface area contributed by atoms with E-state index in [1.807, 2.05) is 0 Å². The minimum atomic E-state index is -3.99. The lowest BCUT2D eigenvalue weighted by Gasteiger charge is -2.21. The zero-order valence-electron chi connectivity index (χ0n) is 10.5. The van der Waals surface area contributed by atoms with Gasteiger partial charge in [0.1, 0.15) is 10.7 Å². The van der Waals surface area contributed by atoms with E-state index >= 15 is 0 Å². The van der Waals surface area contributed by atoms with Gasteiger partial charge in [-0.25, -0.2) is 12.8 Å². The highest BCUT2D eigenvalue weighted by Crippen LogP contribution is 2.30. The number of halogens is 2. The Hall–Kier alpha value is -1.79. The van der Waals surface area contributed by atoms with Gasteiger partial charge in [0.25, 0.3) is 10.0 Å². The van der Waals surface area contributed by atoms with Crippen LogP contribution >= 0.6 is 11.6 Å². The number of nitrogens with zero attached hydrogens (tertiary/aromatic N) is 1. The van der Waals surface area contributed by atoms with Crippen molar-refractivity contribution in [3.05, 3.63) is 53.3 Å². The number of para-hydroxylation sites is 2. The smallest absolute Gasteiger partial charge is 0.265 e. The molecule has 0 aliphatic heterocycles. The van der Waals surface area contributed by atoms with E-state index in [2.05, 4.69) is 0 Å². The number of anilines is 2. The van der Waals surface area contributed by atoms with E-state index < -0.39 is 15.8 Å². The van der Waals surface area contributed by atoms with Crippen molar-refractivity contribution in [1.29, 1.82) is 0 Å². The highest BCUT2D eigenvalue weighted by Gasteiger charge is 2.25. The summed E-state index contributed by atoms with van der Waals surface area (Å²) in [7, 11) is -2.65. The maximum absolute atomic E-state index is 13.3. The molecule has 0 heterocycles. The van der Waals surface area contributed by atoms with Crippen LogP contribution in [0.5, 0.6) is 0 Å². The van der Waals surface area contributed by atoms with Crippen molar-refractivity contribution in [2.24, 2.45) is 0 Å². The molecule has 0 spiro atoms. The number of nitrogen functional groups attached to an aromatic ring is 1. The molecule has 0 unspecified atom stereocenters. The monoisotopic (exact) mass is 314 g/mol. The van der Waals surface area contributed by atoms with Gasteiger partial charge in [0, 0.05) is 7.05 Å². The largest absolute Gasteiger partial charge is 0.397 e. The molecule has 20 heavy (non-hydrogen) atoms. The molecule has 0 saturated carbocycles. The van der Waals surface area contributed by atoms with E-state index in [4.69, 9.17) is 17.3 Å². The normalized spacial score (nSPS) is 11.3. The fraction of sp³-hybridized carbons (Fsp3) is 0.0769. The Kier molecular flexibility index (Phi) is 3.87. The molecule has 0 aromatic heterocycles.